The molecule has 5 nitrogen and oxygen atoms in total. The molecule has 1 saturated carbocycles. The van der Waals surface area contributed by atoms with Gasteiger partial charge in [-0.1, -0.05) is 68.6 Å². The van der Waals surface area contributed by atoms with E-state index in [0.717, 1.165) is 24.2 Å². The lowest BCUT2D eigenvalue weighted by Gasteiger charge is -2.40. The number of nitrogens with one attached hydrogen (secondary N) is 1. The molecule has 158 valence electrons. The number of allylic oxidation sites excluding steroid dienone is 1. The summed E-state index contributed by atoms with van der Waals surface area (Å²) in [6.07, 6.45) is 10.2. The van der Waals surface area contributed by atoms with E-state index in [1.54, 1.807) is 6.07 Å². The maximum absolute atomic E-state index is 6.38. The van der Waals surface area contributed by atoms with Crippen molar-refractivity contribution in [2.75, 3.05) is 14.1 Å². The van der Waals surface area contributed by atoms with Crippen LogP contribution in [0.25, 0.3) is 6.08 Å². The first-order chi connectivity index (χ1) is 13.6. The van der Waals surface area contributed by atoms with Crippen LogP contribution in [0.15, 0.2) is 24.3 Å². The molecule has 1 aliphatic carbocycles. The number of aromatic nitrogens is 4. The van der Waals surface area contributed by atoms with Gasteiger partial charge < -0.3 is 4.90 Å². The van der Waals surface area contributed by atoms with Crippen molar-refractivity contribution in [2.24, 2.45) is 5.41 Å². The maximum atomic E-state index is 6.38. The van der Waals surface area contributed by atoms with E-state index in [0.29, 0.717) is 10.0 Å². The van der Waals surface area contributed by atoms with Gasteiger partial charge in [-0.25, -0.2) is 4.68 Å². The average Bonchev–Trinajstić information content (AvgIpc) is 3.12. The molecule has 1 fully saturated rings. The second kappa shape index (κ2) is 8.75. The summed E-state index contributed by atoms with van der Waals surface area (Å²) in [4.78, 5) is 1.39. The van der Waals surface area contributed by atoms with E-state index in [9.17, 15) is 0 Å². The van der Waals surface area contributed by atoms with Crippen LogP contribution in [0.2, 0.25) is 10.0 Å². The highest BCUT2D eigenvalue weighted by Gasteiger charge is 2.46. The third kappa shape index (κ3) is 4.68. The molecule has 0 radical (unpaired) electrons. The van der Waals surface area contributed by atoms with Crippen molar-refractivity contribution in [1.29, 1.82) is 0 Å². The lowest BCUT2D eigenvalue weighted by Crippen LogP contribution is -3.14. The van der Waals surface area contributed by atoms with Crippen molar-refractivity contribution in [3.63, 3.8) is 0 Å². The minimum absolute atomic E-state index is 0.00241. The Kier molecular flexibility index (Phi) is 6.71. The fourth-order valence-corrected chi connectivity index (χ4v) is 4.84. The third-order valence-electron chi connectivity index (χ3n) is 6.16. The first-order valence-corrected chi connectivity index (χ1v) is 11.1. The van der Waals surface area contributed by atoms with Gasteiger partial charge in [0.05, 0.1) is 20.1 Å². The molecule has 0 saturated heterocycles. The van der Waals surface area contributed by atoms with Crippen molar-refractivity contribution in [3.8, 4) is 0 Å². The molecule has 1 aliphatic rings. The zero-order valence-electron chi connectivity index (χ0n) is 18.0. The smallest absolute Gasteiger partial charge is 0.213 e. The van der Waals surface area contributed by atoms with Gasteiger partial charge in [-0.2, -0.15) is 0 Å². The molecule has 7 heteroatoms. The van der Waals surface area contributed by atoms with Crippen LogP contribution in [-0.2, 0) is 5.54 Å². The highest BCUT2D eigenvalue weighted by Crippen LogP contribution is 2.38. The maximum Gasteiger partial charge on any atom is 0.213 e. The monoisotopic (exact) mass is 436 g/mol. The predicted molar refractivity (Wildman–Crippen MR) is 119 cm³/mol. The Morgan fingerprint density at radius 2 is 1.83 bits per heavy atom. The van der Waals surface area contributed by atoms with Crippen LogP contribution in [0.5, 0.6) is 0 Å². The quantitative estimate of drug-likeness (QED) is 0.745. The van der Waals surface area contributed by atoms with Gasteiger partial charge in [0.25, 0.3) is 0 Å². The van der Waals surface area contributed by atoms with Gasteiger partial charge in [-0.05, 0) is 46.4 Å². The highest BCUT2D eigenvalue weighted by molar-refractivity contribution is 6.35. The molecule has 1 aromatic heterocycles. The summed E-state index contributed by atoms with van der Waals surface area (Å²) in [5.41, 5.74) is 0.819. The van der Waals surface area contributed by atoms with Crippen LogP contribution in [0.1, 0.15) is 70.3 Å². The van der Waals surface area contributed by atoms with Gasteiger partial charge in [0.15, 0.2) is 5.54 Å². The summed E-state index contributed by atoms with van der Waals surface area (Å²) >= 11 is 12.4. The van der Waals surface area contributed by atoms with Gasteiger partial charge in [0.2, 0.25) is 5.82 Å². The van der Waals surface area contributed by atoms with Crippen molar-refractivity contribution in [1.82, 2.24) is 20.2 Å². The van der Waals surface area contributed by atoms with Gasteiger partial charge >= 0.3 is 0 Å². The third-order valence-corrected chi connectivity index (χ3v) is 6.72. The van der Waals surface area contributed by atoms with E-state index < -0.39 is 0 Å². The zero-order valence-corrected chi connectivity index (χ0v) is 19.6. The highest BCUT2D eigenvalue weighted by atomic mass is 35.5. The molecule has 0 aliphatic heterocycles. The van der Waals surface area contributed by atoms with Crippen molar-refractivity contribution in [2.45, 2.75) is 64.5 Å². The summed E-state index contributed by atoms with van der Waals surface area (Å²) in [5, 5.41) is 14.4. The van der Waals surface area contributed by atoms with E-state index in [1.165, 1.54) is 24.2 Å². The van der Waals surface area contributed by atoms with Crippen molar-refractivity contribution >= 4 is 29.3 Å². The van der Waals surface area contributed by atoms with Crippen LogP contribution in [0.3, 0.4) is 0 Å². The predicted octanol–water partition coefficient (Wildman–Crippen LogP) is 4.58. The van der Waals surface area contributed by atoms with Gasteiger partial charge in [0, 0.05) is 22.9 Å². The van der Waals surface area contributed by atoms with Crippen molar-refractivity contribution in [3.05, 3.63) is 45.7 Å². The lowest BCUT2D eigenvalue weighted by atomic mass is 9.79. The van der Waals surface area contributed by atoms with E-state index >= 15 is 0 Å². The van der Waals surface area contributed by atoms with Gasteiger partial charge in [-0.15, -0.1) is 5.10 Å². The summed E-state index contributed by atoms with van der Waals surface area (Å²) < 4.78 is 2.04. The van der Waals surface area contributed by atoms with Crippen LogP contribution in [0.4, 0.5) is 0 Å². The normalized spacial score (nSPS) is 18.5. The average molecular weight is 437 g/mol. The van der Waals surface area contributed by atoms with Crippen LogP contribution < -0.4 is 4.90 Å². The minimum atomic E-state index is -0.0724. The fraction of sp³-hybridized carbons (Fsp3) is 0.591. The Hall–Kier alpha value is -1.43. The van der Waals surface area contributed by atoms with Crippen LogP contribution >= 0.6 is 23.2 Å². The van der Waals surface area contributed by atoms with E-state index in [-0.39, 0.29) is 17.0 Å². The van der Waals surface area contributed by atoms with E-state index in [4.69, 9.17) is 23.2 Å². The Balaban J connectivity index is 2.03. The molecule has 1 atom stereocenters. The first-order valence-electron chi connectivity index (χ1n) is 10.4. The number of halogens is 2. The van der Waals surface area contributed by atoms with Gasteiger partial charge in [-0.3, -0.25) is 0 Å². The summed E-state index contributed by atoms with van der Waals surface area (Å²) in [6.45, 7) is 6.65. The molecule has 0 bridgehead atoms. The summed E-state index contributed by atoms with van der Waals surface area (Å²) in [6, 6.07) is 5.56. The molecule has 3 rings (SSSR count). The van der Waals surface area contributed by atoms with Crippen LogP contribution in [-0.4, -0.2) is 34.3 Å². The molecule has 2 aromatic rings. The Morgan fingerprint density at radius 1 is 1.14 bits per heavy atom. The number of hydrogen-bond donors (Lipinski definition) is 1. The number of nitrogens with zero attached hydrogens (tertiary/aromatic N) is 4. The molecule has 29 heavy (non-hydrogen) atoms. The second-order valence-electron chi connectivity index (χ2n) is 9.43. The van der Waals surface area contributed by atoms with Gasteiger partial charge in [0.1, 0.15) is 0 Å². The summed E-state index contributed by atoms with van der Waals surface area (Å²) in [7, 11) is 4.44. The van der Waals surface area contributed by atoms with E-state index in [1.807, 2.05) is 16.8 Å². The molecular weight excluding hydrogens is 405 g/mol. The Labute approximate surface area is 184 Å². The molecule has 0 unspecified atom stereocenters. The first kappa shape index (κ1) is 22.3. The molecule has 1 heterocycles. The van der Waals surface area contributed by atoms with E-state index in [2.05, 4.69) is 62.5 Å². The molecular formula is C22H32Cl2N5+. The minimum Gasteiger partial charge on any atom is -0.329 e. The number of rotatable bonds is 5. The lowest BCUT2D eigenvalue weighted by molar-refractivity contribution is -0.927. The topological polar surface area (TPSA) is 48.0 Å². The summed E-state index contributed by atoms with van der Waals surface area (Å²) in [5.74, 6) is 0.990. The number of tetrazole rings is 1. The zero-order chi connectivity index (χ0) is 21.2. The molecule has 0 amide bonds. The number of hydrogen-bond acceptors (Lipinski definition) is 3. The Morgan fingerprint density at radius 3 is 2.41 bits per heavy atom. The standard InChI is InChI=1S/C22H31Cl2N5/c1-21(2,3)19(12-10-16-9-11-17(23)15-18(16)24)29-20(25-26-27-29)22(28(4)5)13-7-6-8-14-22/h9-12,15,19H,6-8,13-14H2,1-5H3/p+1/t19-/m1/s1. The molecule has 0 spiro atoms. The second-order valence-corrected chi connectivity index (χ2v) is 10.3. The Bertz CT molecular complexity index is 860. The SMILES string of the molecule is C[NH+](C)C1(c2nnnn2[C@H](C=Cc2ccc(Cl)cc2Cl)C(C)(C)C)CCCCC1. The van der Waals surface area contributed by atoms with Crippen molar-refractivity contribution < 1.29 is 4.90 Å². The molecule has 1 aromatic carbocycles. The largest absolute Gasteiger partial charge is 0.329 e. The number of quaternary nitrogens is 1. The fourth-order valence-electron chi connectivity index (χ4n) is 4.37. The molecule has 1 N–H and O–H groups in total. The van der Waals surface area contributed by atoms with Crippen LogP contribution in [0, 0.1) is 5.41 Å². The number of benzene rings is 1.